The number of para-hydroxylation sites is 1. The Bertz CT molecular complexity index is 742. The van der Waals surface area contributed by atoms with Gasteiger partial charge in [-0.15, -0.1) is 0 Å². The van der Waals surface area contributed by atoms with Crippen LogP contribution in [0.5, 0.6) is 0 Å². The predicted molar refractivity (Wildman–Crippen MR) is 77.1 cm³/mol. The first-order valence-electron chi connectivity index (χ1n) is 6.48. The second-order valence-electron chi connectivity index (χ2n) is 4.64. The molecule has 1 aliphatic rings. The first kappa shape index (κ1) is 13.2. The van der Waals surface area contributed by atoms with Crippen LogP contribution in [0.4, 0.5) is 5.69 Å². The lowest BCUT2D eigenvalue weighted by Crippen LogP contribution is -2.03. The van der Waals surface area contributed by atoms with Crippen LogP contribution in [-0.2, 0) is 20.9 Å². The smallest absolute Gasteiger partial charge is 0.303 e. The van der Waals surface area contributed by atoms with Crippen molar-refractivity contribution in [3.05, 3.63) is 53.5 Å². The summed E-state index contributed by atoms with van der Waals surface area (Å²) in [5, 5.41) is 2.80. The molecule has 0 bridgehead atoms. The summed E-state index contributed by atoms with van der Waals surface area (Å²) in [7, 11) is 0. The number of furan rings is 1. The highest BCUT2D eigenvalue weighted by Gasteiger charge is 2.23. The summed E-state index contributed by atoms with van der Waals surface area (Å²) < 4.78 is 10.4. The number of rotatable bonds is 3. The van der Waals surface area contributed by atoms with Crippen LogP contribution in [0.1, 0.15) is 24.0 Å². The van der Waals surface area contributed by atoms with Gasteiger partial charge in [-0.25, -0.2) is 0 Å². The summed E-state index contributed by atoms with van der Waals surface area (Å²) in [5.74, 6) is 0.548. The van der Waals surface area contributed by atoms with E-state index in [1.807, 2.05) is 24.3 Å². The summed E-state index contributed by atoms with van der Waals surface area (Å²) in [4.78, 5) is 22.7. The molecular formula is C16H13NO4. The minimum Gasteiger partial charge on any atom is -0.458 e. The lowest BCUT2D eigenvalue weighted by molar-refractivity contribution is -0.142. The number of carbonyl (C=O) groups excluding carboxylic acids is 2. The molecule has 5 heteroatoms. The van der Waals surface area contributed by atoms with Crippen LogP contribution in [0, 0.1) is 0 Å². The minimum absolute atomic E-state index is 0.0846. The molecule has 0 atom stereocenters. The van der Waals surface area contributed by atoms with Crippen molar-refractivity contribution in [1.29, 1.82) is 0 Å². The number of anilines is 1. The van der Waals surface area contributed by atoms with Crippen molar-refractivity contribution in [3.63, 3.8) is 0 Å². The van der Waals surface area contributed by atoms with E-state index in [2.05, 4.69) is 5.32 Å². The number of ether oxygens (including phenoxy) is 1. The third-order valence-electron chi connectivity index (χ3n) is 3.10. The number of carbonyl (C=O) groups is 2. The highest BCUT2D eigenvalue weighted by molar-refractivity contribution is 6.34. The van der Waals surface area contributed by atoms with Gasteiger partial charge in [0, 0.05) is 18.2 Å². The average molecular weight is 283 g/mol. The summed E-state index contributed by atoms with van der Waals surface area (Å²) in [6, 6.07) is 10.9. The number of fused-ring (bicyclic) bond motifs is 1. The lowest BCUT2D eigenvalue weighted by Gasteiger charge is -1.98. The fraction of sp³-hybridized carbons (Fsp3) is 0.125. The molecule has 1 aromatic heterocycles. The Balaban J connectivity index is 1.85. The molecule has 3 rings (SSSR count). The molecule has 0 spiro atoms. The van der Waals surface area contributed by atoms with Crippen LogP contribution >= 0.6 is 0 Å². The maximum absolute atomic E-state index is 12.0. The third kappa shape index (κ3) is 2.72. The largest absolute Gasteiger partial charge is 0.458 e. The lowest BCUT2D eigenvalue weighted by atomic mass is 10.1. The zero-order valence-corrected chi connectivity index (χ0v) is 11.4. The molecule has 106 valence electrons. The Morgan fingerprint density at radius 2 is 2.10 bits per heavy atom. The van der Waals surface area contributed by atoms with Gasteiger partial charge in [-0.05, 0) is 24.3 Å². The monoisotopic (exact) mass is 283 g/mol. The van der Waals surface area contributed by atoms with E-state index < -0.39 is 0 Å². The molecule has 0 fully saturated rings. The molecule has 0 saturated carbocycles. The van der Waals surface area contributed by atoms with Gasteiger partial charge in [-0.2, -0.15) is 0 Å². The fourth-order valence-electron chi connectivity index (χ4n) is 2.15. The van der Waals surface area contributed by atoms with Crippen LogP contribution in [0.2, 0.25) is 0 Å². The maximum Gasteiger partial charge on any atom is 0.303 e. The third-order valence-corrected chi connectivity index (χ3v) is 3.10. The van der Waals surface area contributed by atoms with E-state index in [-0.39, 0.29) is 18.5 Å². The molecule has 0 saturated heterocycles. The van der Waals surface area contributed by atoms with E-state index in [0.29, 0.717) is 17.1 Å². The van der Waals surface area contributed by atoms with Gasteiger partial charge in [0.1, 0.15) is 18.1 Å². The van der Waals surface area contributed by atoms with Crippen molar-refractivity contribution in [1.82, 2.24) is 0 Å². The number of esters is 1. The molecule has 0 aliphatic carbocycles. The Morgan fingerprint density at radius 3 is 2.90 bits per heavy atom. The van der Waals surface area contributed by atoms with Crippen LogP contribution in [0.3, 0.4) is 0 Å². The van der Waals surface area contributed by atoms with E-state index in [9.17, 15) is 9.59 Å². The molecule has 1 aliphatic heterocycles. The number of hydrogen-bond donors (Lipinski definition) is 1. The van der Waals surface area contributed by atoms with E-state index in [4.69, 9.17) is 9.15 Å². The molecule has 2 aromatic rings. The van der Waals surface area contributed by atoms with Crippen molar-refractivity contribution < 1.29 is 18.7 Å². The Hall–Kier alpha value is -2.82. The molecule has 1 N–H and O–H groups in total. The Morgan fingerprint density at radius 1 is 1.29 bits per heavy atom. The van der Waals surface area contributed by atoms with Gasteiger partial charge in [-0.1, -0.05) is 18.2 Å². The number of hydrogen-bond acceptors (Lipinski definition) is 4. The maximum atomic E-state index is 12.0. The SMILES string of the molecule is CC(=O)OCc1ccc(/C=C2\C(=O)Nc3ccccc32)o1. The van der Waals surface area contributed by atoms with Crippen molar-refractivity contribution in [2.75, 3.05) is 5.32 Å². The van der Waals surface area contributed by atoms with Gasteiger partial charge >= 0.3 is 5.97 Å². The second-order valence-corrected chi connectivity index (χ2v) is 4.64. The van der Waals surface area contributed by atoms with Gasteiger partial charge in [0.25, 0.3) is 5.91 Å². The summed E-state index contributed by atoms with van der Waals surface area (Å²) >= 11 is 0. The summed E-state index contributed by atoms with van der Waals surface area (Å²) in [6.07, 6.45) is 1.68. The number of benzene rings is 1. The van der Waals surface area contributed by atoms with Crippen molar-refractivity contribution in [3.8, 4) is 0 Å². The summed E-state index contributed by atoms with van der Waals surface area (Å²) in [5.41, 5.74) is 2.19. The van der Waals surface area contributed by atoms with Gasteiger partial charge in [0.2, 0.25) is 0 Å². The fourth-order valence-corrected chi connectivity index (χ4v) is 2.15. The van der Waals surface area contributed by atoms with Crippen LogP contribution in [0.25, 0.3) is 11.6 Å². The second kappa shape index (κ2) is 5.28. The van der Waals surface area contributed by atoms with E-state index >= 15 is 0 Å². The molecule has 1 aromatic carbocycles. The number of amides is 1. The highest BCUT2D eigenvalue weighted by atomic mass is 16.5. The molecule has 5 nitrogen and oxygen atoms in total. The normalized spacial score (nSPS) is 14.9. The standard InChI is InChI=1S/C16H13NO4/c1-10(18)20-9-12-7-6-11(21-12)8-14-13-4-2-3-5-15(13)17-16(14)19/h2-8H,9H2,1H3,(H,17,19)/b14-8-. The summed E-state index contributed by atoms with van der Waals surface area (Å²) in [6.45, 7) is 1.42. The number of nitrogens with one attached hydrogen (secondary N) is 1. The van der Waals surface area contributed by atoms with E-state index in [0.717, 1.165) is 11.3 Å². The molecule has 21 heavy (non-hydrogen) atoms. The molecular weight excluding hydrogens is 270 g/mol. The van der Waals surface area contributed by atoms with Crippen molar-refractivity contribution in [2.24, 2.45) is 0 Å². The van der Waals surface area contributed by atoms with Gasteiger partial charge in [-0.3, -0.25) is 9.59 Å². The van der Waals surface area contributed by atoms with Gasteiger partial charge < -0.3 is 14.5 Å². The predicted octanol–water partition coefficient (Wildman–Crippen LogP) is 2.84. The molecule has 2 heterocycles. The first-order valence-corrected chi connectivity index (χ1v) is 6.48. The van der Waals surface area contributed by atoms with Crippen molar-refractivity contribution >= 4 is 29.2 Å². The van der Waals surface area contributed by atoms with Crippen LogP contribution in [0.15, 0.2) is 40.8 Å². The van der Waals surface area contributed by atoms with E-state index in [1.54, 1.807) is 18.2 Å². The quantitative estimate of drug-likeness (QED) is 0.694. The Labute approximate surface area is 121 Å². The average Bonchev–Trinajstić information content (AvgIpc) is 3.02. The highest BCUT2D eigenvalue weighted by Crippen LogP contribution is 2.32. The van der Waals surface area contributed by atoms with Gasteiger partial charge in [0.05, 0.1) is 5.57 Å². The first-order chi connectivity index (χ1) is 10.1. The molecule has 1 amide bonds. The van der Waals surface area contributed by atoms with Crippen molar-refractivity contribution in [2.45, 2.75) is 13.5 Å². The topological polar surface area (TPSA) is 68.5 Å². The Kier molecular flexibility index (Phi) is 3.31. The molecule has 0 radical (unpaired) electrons. The van der Waals surface area contributed by atoms with Crippen LogP contribution < -0.4 is 5.32 Å². The van der Waals surface area contributed by atoms with Gasteiger partial charge in [0.15, 0.2) is 0 Å². The van der Waals surface area contributed by atoms with Crippen LogP contribution in [-0.4, -0.2) is 11.9 Å². The minimum atomic E-state index is -0.365. The van der Waals surface area contributed by atoms with E-state index in [1.165, 1.54) is 6.92 Å². The zero-order valence-electron chi connectivity index (χ0n) is 11.4. The zero-order chi connectivity index (χ0) is 14.8. The molecule has 0 unspecified atom stereocenters.